The van der Waals surface area contributed by atoms with Crippen LogP contribution < -0.4 is 10.1 Å². The summed E-state index contributed by atoms with van der Waals surface area (Å²) in [6.45, 7) is 3.98. The van der Waals surface area contributed by atoms with E-state index < -0.39 is 0 Å². The van der Waals surface area contributed by atoms with E-state index in [1.165, 1.54) is 12.1 Å². The summed E-state index contributed by atoms with van der Waals surface area (Å²) in [7, 11) is 0. The molecule has 5 heteroatoms. The second kappa shape index (κ2) is 7.22. The van der Waals surface area contributed by atoms with Gasteiger partial charge in [-0.3, -0.25) is 4.79 Å². The lowest BCUT2D eigenvalue weighted by Crippen LogP contribution is -2.34. The molecule has 1 atom stereocenters. The first-order valence-corrected chi connectivity index (χ1v) is 7.65. The molecule has 0 radical (unpaired) electrons. The van der Waals surface area contributed by atoms with Gasteiger partial charge in [-0.25, -0.2) is 4.39 Å². The minimum Gasteiger partial charge on any atom is -0.484 e. The van der Waals surface area contributed by atoms with Gasteiger partial charge in [-0.2, -0.15) is 0 Å². The molecule has 0 saturated heterocycles. The number of ether oxygens (including phenoxy) is 1. The van der Waals surface area contributed by atoms with Gasteiger partial charge in [0.25, 0.3) is 5.91 Å². The molecule has 2 aromatic rings. The highest BCUT2D eigenvalue weighted by Crippen LogP contribution is 2.25. The molecule has 1 heterocycles. The van der Waals surface area contributed by atoms with E-state index in [2.05, 4.69) is 19.2 Å². The maximum atomic E-state index is 13.0. The first-order chi connectivity index (χ1) is 10.1. The van der Waals surface area contributed by atoms with Crippen molar-refractivity contribution in [3.63, 3.8) is 0 Å². The van der Waals surface area contributed by atoms with Crippen molar-refractivity contribution in [2.75, 3.05) is 6.61 Å². The van der Waals surface area contributed by atoms with Crippen LogP contribution >= 0.6 is 11.3 Å². The normalized spacial score (nSPS) is 12.2. The Labute approximate surface area is 127 Å². The maximum absolute atomic E-state index is 13.0. The van der Waals surface area contributed by atoms with Crippen LogP contribution in [0.3, 0.4) is 0 Å². The molecular formula is C16H18FNO2S. The SMILES string of the molecule is CC(C)[C@H](NC(=O)COc1cccc(F)c1)c1cccs1. The van der Waals surface area contributed by atoms with Crippen LogP contribution in [0.4, 0.5) is 4.39 Å². The lowest BCUT2D eigenvalue weighted by molar-refractivity contribution is -0.124. The standard InChI is InChI=1S/C16H18FNO2S/c1-11(2)16(14-7-4-8-21-14)18-15(19)10-20-13-6-3-5-12(17)9-13/h3-9,11,16H,10H2,1-2H3,(H,18,19)/t16-/m0/s1. The smallest absolute Gasteiger partial charge is 0.258 e. The molecule has 112 valence electrons. The summed E-state index contributed by atoms with van der Waals surface area (Å²) >= 11 is 1.61. The molecule has 0 aliphatic heterocycles. The zero-order chi connectivity index (χ0) is 15.2. The summed E-state index contributed by atoms with van der Waals surface area (Å²) in [6.07, 6.45) is 0. The second-order valence-corrected chi connectivity index (χ2v) is 6.03. The summed E-state index contributed by atoms with van der Waals surface area (Å²) in [5.74, 6) is 0.0297. The number of nitrogens with one attached hydrogen (secondary N) is 1. The van der Waals surface area contributed by atoms with Crippen molar-refractivity contribution in [1.29, 1.82) is 0 Å². The molecule has 0 unspecified atom stereocenters. The fraction of sp³-hybridized carbons (Fsp3) is 0.312. The van der Waals surface area contributed by atoms with Crippen LogP contribution in [0.5, 0.6) is 5.75 Å². The van der Waals surface area contributed by atoms with Crippen LogP contribution in [0, 0.1) is 11.7 Å². The molecule has 1 amide bonds. The first-order valence-electron chi connectivity index (χ1n) is 6.77. The predicted molar refractivity (Wildman–Crippen MR) is 81.9 cm³/mol. The van der Waals surface area contributed by atoms with Gasteiger partial charge in [-0.05, 0) is 29.5 Å². The van der Waals surface area contributed by atoms with Gasteiger partial charge in [-0.15, -0.1) is 11.3 Å². The largest absolute Gasteiger partial charge is 0.484 e. The molecule has 0 spiro atoms. The van der Waals surface area contributed by atoms with Gasteiger partial charge in [0.1, 0.15) is 11.6 Å². The number of thiophene rings is 1. The van der Waals surface area contributed by atoms with Gasteiger partial charge >= 0.3 is 0 Å². The van der Waals surface area contributed by atoms with E-state index in [1.807, 2.05) is 17.5 Å². The number of carbonyl (C=O) groups excluding carboxylic acids is 1. The van der Waals surface area contributed by atoms with Crippen LogP contribution in [-0.4, -0.2) is 12.5 Å². The van der Waals surface area contributed by atoms with Gasteiger partial charge in [0.05, 0.1) is 6.04 Å². The topological polar surface area (TPSA) is 38.3 Å². The third-order valence-electron chi connectivity index (χ3n) is 3.00. The van der Waals surface area contributed by atoms with Crippen molar-refractivity contribution in [1.82, 2.24) is 5.32 Å². The quantitative estimate of drug-likeness (QED) is 0.882. The lowest BCUT2D eigenvalue weighted by Gasteiger charge is -2.21. The van der Waals surface area contributed by atoms with Gasteiger partial charge in [0.15, 0.2) is 6.61 Å². The summed E-state index contributed by atoms with van der Waals surface area (Å²) in [4.78, 5) is 13.1. The summed E-state index contributed by atoms with van der Waals surface area (Å²) in [6, 6.07) is 9.69. The van der Waals surface area contributed by atoms with Crippen LogP contribution in [0.15, 0.2) is 41.8 Å². The molecule has 1 N–H and O–H groups in total. The van der Waals surface area contributed by atoms with Crippen LogP contribution in [0.2, 0.25) is 0 Å². The van der Waals surface area contributed by atoms with Crippen molar-refractivity contribution in [2.45, 2.75) is 19.9 Å². The van der Waals surface area contributed by atoms with Gasteiger partial charge in [0.2, 0.25) is 0 Å². The number of amides is 1. The fourth-order valence-electron chi connectivity index (χ4n) is 1.96. The van der Waals surface area contributed by atoms with Crippen molar-refractivity contribution in [3.8, 4) is 5.75 Å². The molecule has 3 nitrogen and oxygen atoms in total. The van der Waals surface area contributed by atoms with E-state index in [-0.39, 0.29) is 30.3 Å². The van der Waals surface area contributed by atoms with Crippen LogP contribution in [0.25, 0.3) is 0 Å². The Kier molecular flexibility index (Phi) is 5.33. The Bertz CT molecular complexity index is 584. The maximum Gasteiger partial charge on any atom is 0.258 e. The fourth-order valence-corrected chi connectivity index (χ4v) is 2.90. The Morgan fingerprint density at radius 2 is 2.14 bits per heavy atom. The van der Waals surface area contributed by atoms with Crippen LogP contribution in [-0.2, 0) is 4.79 Å². The zero-order valence-corrected chi connectivity index (χ0v) is 12.8. The molecule has 0 bridgehead atoms. The summed E-state index contributed by atoms with van der Waals surface area (Å²) < 4.78 is 18.3. The molecule has 0 aliphatic rings. The Morgan fingerprint density at radius 3 is 2.76 bits per heavy atom. The summed E-state index contributed by atoms with van der Waals surface area (Å²) in [5, 5.41) is 4.94. The molecular weight excluding hydrogens is 289 g/mol. The zero-order valence-electron chi connectivity index (χ0n) is 12.0. The molecule has 21 heavy (non-hydrogen) atoms. The highest BCUT2D eigenvalue weighted by atomic mass is 32.1. The van der Waals surface area contributed by atoms with E-state index in [4.69, 9.17) is 4.74 Å². The number of hydrogen-bond acceptors (Lipinski definition) is 3. The Balaban J connectivity index is 1.91. The number of carbonyl (C=O) groups is 1. The van der Waals surface area contributed by atoms with E-state index in [0.717, 1.165) is 4.88 Å². The van der Waals surface area contributed by atoms with Gasteiger partial charge < -0.3 is 10.1 Å². The summed E-state index contributed by atoms with van der Waals surface area (Å²) in [5.41, 5.74) is 0. The number of hydrogen-bond donors (Lipinski definition) is 1. The van der Waals surface area contributed by atoms with E-state index in [9.17, 15) is 9.18 Å². The third-order valence-corrected chi connectivity index (χ3v) is 3.95. The van der Waals surface area contributed by atoms with E-state index in [0.29, 0.717) is 5.75 Å². The van der Waals surface area contributed by atoms with Gasteiger partial charge in [-0.1, -0.05) is 26.0 Å². The van der Waals surface area contributed by atoms with Crippen LogP contribution in [0.1, 0.15) is 24.8 Å². The van der Waals surface area contributed by atoms with E-state index >= 15 is 0 Å². The molecule has 0 fully saturated rings. The molecule has 1 aromatic carbocycles. The molecule has 2 rings (SSSR count). The minimum absolute atomic E-state index is 0.0337. The minimum atomic E-state index is -0.383. The second-order valence-electron chi connectivity index (χ2n) is 5.05. The van der Waals surface area contributed by atoms with Gasteiger partial charge in [0, 0.05) is 10.9 Å². The Morgan fingerprint density at radius 1 is 1.33 bits per heavy atom. The highest BCUT2D eigenvalue weighted by Gasteiger charge is 2.19. The van der Waals surface area contributed by atoms with Crippen molar-refractivity contribution >= 4 is 17.2 Å². The molecule has 0 aliphatic carbocycles. The van der Waals surface area contributed by atoms with Crippen molar-refractivity contribution in [2.24, 2.45) is 5.92 Å². The van der Waals surface area contributed by atoms with Crippen molar-refractivity contribution in [3.05, 3.63) is 52.5 Å². The number of halogens is 1. The lowest BCUT2D eigenvalue weighted by atomic mass is 10.0. The van der Waals surface area contributed by atoms with Crippen molar-refractivity contribution < 1.29 is 13.9 Å². The molecule has 1 aromatic heterocycles. The average molecular weight is 307 g/mol. The average Bonchev–Trinajstić information content (AvgIpc) is 2.96. The number of benzene rings is 1. The van der Waals surface area contributed by atoms with E-state index in [1.54, 1.807) is 23.5 Å². The molecule has 0 saturated carbocycles. The first kappa shape index (κ1) is 15.5. The third kappa shape index (κ3) is 4.56. The Hall–Kier alpha value is -1.88. The monoisotopic (exact) mass is 307 g/mol. The predicted octanol–water partition coefficient (Wildman–Crippen LogP) is 3.78. The highest BCUT2D eigenvalue weighted by molar-refractivity contribution is 7.10. The number of rotatable bonds is 6.